The number of aromatic amines is 1. The molecule has 0 saturated heterocycles. The van der Waals surface area contributed by atoms with Crippen LogP contribution in [-0.2, 0) is 17.8 Å². The molecule has 0 atom stereocenters. The van der Waals surface area contributed by atoms with E-state index in [-0.39, 0.29) is 12.5 Å². The van der Waals surface area contributed by atoms with Gasteiger partial charge in [-0.05, 0) is 12.1 Å². The molecule has 2 rings (SSSR count). The molecule has 0 aromatic carbocycles. The van der Waals surface area contributed by atoms with Crippen LogP contribution in [0.1, 0.15) is 11.4 Å². The van der Waals surface area contributed by atoms with Crippen LogP contribution in [0.4, 0.5) is 10.5 Å². The third-order valence-electron chi connectivity index (χ3n) is 2.41. The Morgan fingerprint density at radius 1 is 1.30 bits per heavy atom. The van der Waals surface area contributed by atoms with Crippen molar-refractivity contribution in [3.8, 4) is 0 Å². The van der Waals surface area contributed by atoms with Gasteiger partial charge in [0.1, 0.15) is 0 Å². The van der Waals surface area contributed by atoms with Crippen molar-refractivity contribution < 1.29 is 14.7 Å². The summed E-state index contributed by atoms with van der Waals surface area (Å²) in [6.45, 7) is 0.330. The molecule has 104 valence electrons. The van der Waals surface area contributed by atoms with E-state index in [1.807, 2.05) is 0 Å². The van der Waals surface area contributed by atoms with Crippen LogP contribution in [0.15, 0.2) is 30.9 Å². The van der Waals surface area contributed by atoms with E-state index in [0.717, 1.165) is 5.69 Å². The van der Waals surface area contributed by atoms with Gasteiger partial charge in [-0.1, -0.05) is 0 Å². The maximum atomic E-state index is 11.6. The lowest BCUT2D eigenvalue weighted by molar-refractivity contribution is -0.136. The van der Waals surface area contributed by atoms with Crippen LogP contribution in [0.5, 0.6) is 0 Å². The molecular weight excluding hydrogens is 262 g/mol. The highest BCUT2D eigenvalue weighted by Gasteiger charge is 2.04. The Bertz CT molecular complexity index is 580. The van der Waals surface area contributed by atoms with Crippen molar-refractivity contribution >= 4 is 17.7 Å². The molecule has 0 bridgehead atoms. The maximum Gasteiger partial charge on any atom is 0.319 e. The molecule has 0 aliphatic carbocycles. The number of nitrogens with zero attached hydrogens (tertiary/aromatic N) is 2. The van der Waals surface area contributed by atoms with Gasteiger partial charge >= 0.3 is 12.0 Å². The molecule has 0 unspecified atom stereocenters. The zero-order valence-corrected chi connectivity index (χ0v) is 10.5. The average molecular weight is 275 g/mol. The number of hydrogen-bond acceptors (Lipinski definition) is 4. The predicted molar refractivity (Wildman–Crippen MR) is 70.0 cm³/mol. The number of nitrogens with one attached hydrogen (secondary N) is 3. The van der Waals surface area contributed by atoms with E-state index >= 15 is 0 Å². The molecule has 0 saturated carbocycles. The second kappa shape index (κ2) is 6.32. The lowest BCUT2D eigenvalue weighted by Gasteiger charge is -2.06. The van der Waals surface area contributed by atoms with Gasteiger partial charge in [0.2, 0.25) is 0 Å². The summed E-state index contributed by atoms with van der Waals surface area (Å²) in [6.07, 6.45) is 4.41. The minimum atomic E-state index is -0.949. The van der Waals surface area contributed by atoms with E-state index in [2.05, 4.69) is 25.6 Å². The van der Waals surface area contributed by atoms with Crippen molar-refractivity contribution in [3.63, 3.8) is 0 Å². The van der Waals surface area contributed by atoms with E-state index in [4.69, 9.17) is 5.11 Å². The second-order valence-corrected chi connectivity index (χ2v) is 3.99. The predicted octanol–water partition coefficient (Wildman–Crippen LogP) is 0.754. The number of carboxylic acid groups (broad SMARTS) is 1. The molecule has 8 nitrogen and oxygen atoms in total. The fraction of sp³-hybridized carbons (Fsp3) is 0.167. The van der Waals surface area contributed by atoms with Crippen molar-refractivity contribution in [1.82, 2.24) is 20.3 Å². The molecule has 20 heavy (non-hydrogen) atoms. The number of rotatable bonds is 5. The van der Waals surface area contributed by atoms with Gasteiger partial charge in [0.25, 0.3) is 0 Å². The van der Waals surface area contributed by atoms with Gasteiger partial charge in [-0.15, -0.1) is 0 Å². The number of anilines is 1. The number of amides is 2. The smallest absolute Gasteiger partial charge is 0.319 e. The summed E-state index contributed by atoms with van der Waals surface area (Å²) in [6, 6.07) is 2.77. The van der Waals surface area contributed by atoms with Crippen LogP contribution in [0.3, 0.4) is 0 Å². The van der Waals surface area contributed by atoms with Crippen molar-refractivity contribution in [2.75, 3.05) is 5.32 Å². The summed E-state index contributed by atoms with van der Waals surface area (Å²) in [7, 11) is 0. The van der Waals surface area contributed by atoms with Gasteiger partial charge in [-0.2, -0.15) is 0 Å². The molecule has 0 spiro atoms. The number of carbonyl (C=O) groups is 2. The van der Waals surface area contributed by atoms with Crippen LogP contribution in [0.2, 0.25) is 0 Å². The van der Waals surface area contributed by atoms with E-state index in [1.165, 1.54) is 12.5 Å². The van der Waals surface area contributed by atoms with Gasteiger partial charge in [0.05, 0.1) is 42.6 Å². The monoisotopic (exact) mass is 275 g/mol. The molecule has 2 amide bonds. The minimum absolute atomic E-state index is 0.147. The quantitative estimate of drug-likeness (QED) is 0.642. The number of carboxylic acids is 1. The van der Waals surface area contributed by atoms with Gasteiger partial charge in [0, 0.05) is 6.20 Å². The SMILES string of the molecule is O=C(O)Cc1ccc(NC(=O)NCc2cnc[nH]2)cn1. The first kappa shape index (κ1) is 13.5. The molecular formula is C12H13N5O3. The number of aliphatic carboxylic acids is 1. The largest absolute Gasteiger partial charge is 0.481 e. The summed E-state index contributed by atoms with van der Waals surface area (Å²) < 4.78 is 0. The van der Waals surface area contributed by atoms with Crippen molar-refractivity contribution in [2.45, 2.75) is 13.0 Å². The third-order valence-corrected chi connectivity index (χ3v) is 2.41. The number of carbonyl (C=O) groups excluding carboxylic acids is 1. The second-order valence-electron chi connectivity index (χ2n) is 3.99. The van der Waals surface area contributed by atoms with E-state index in [9.17, 15) is 9.59 Å². The maximum absolute atomic E-state index is 11.6. The standard InChI is InChI=1S/C12H13N5O3/c18-11(19)3-8-1-2-9(5-14-8)17-12(20)15-6-10-4-13-7-16-10/h1-2,4-5,7H,3,6H2,(H,13,16)(H,18,19)(H2,15,17,20). The Hall–Kier alpha value is -2.90. The molecule has 8 heteroatoms. The molecule has 0 aliphatic rings. The minimum Gasteiger partial charge on any atom is -0.481 e. The summed E-state index contributed by atoms with van der Waals surface area (Å²) in [5.41, 5.74) is 1.71. The lowest BCUT2D eigenvalue weighted by atomic mass is 10.2. The number of urea groups is 1. The van der Waals surface area contributed by atoms with E-state index in [0.29, 0.717) is 17.9 Å². The normalized spacial score (nSPS) is 10.0. The van der Waals surface area contributed by atoms with Crippen molar-refractivity contribution in [3.05, 3.63) is 42.2 Å². The van der Waals surface area contributed by atoms with Gasteiger partial charge < -0.3 is 20.7 Å². The highest BCUT2D eigenvalue weighted by atomic mass is 16.4. The van der Waals surface area contributed by atoms with Crippen LogP contribution < -0.4 is 10.6 Å². The van der Waals surface area contributed by atoms with Crippen molar-refractivity contribution in [1.29, 1.82) is 0 Å². The Kier molecular flexibility index (Phi) is 4.28. The molecule has 0 fully saturated rings. The Morgan fingerprint density at radius 2 is 2.15 bits per heavy atom. The van der Waals surface area contributed by atoms with Crippen LogP contribution >= 0.6 is 0 Å². The molecule has 4 N–H and O–H groups in total. The average Bonchev–Trinajstić information content (AvgIpc) is 2.91. The molecule has 2 aromatic heterocycles. The number of pyridine rings is 1. The number of hydrogen-bond donors (Lipinski definition) is 4. The highest BCUT2D eigenvalue weighted by Crippen LogP contribution is 2.06. The van der Waals surface area contributed by atoms with Gasteiger partial charge in [-0.3, -0.25) is 9.78 Å². The van der Waals surface area contributed by atoms with Gasteiger partial charge in [0.15, 0.2) is 0 Å². The molecule has 2 heterocycles. The fourth-order valence-corrected chi connectivity index (χ4v) is 1.49. The Morgan fingerprint density at radius 3 is 2.75 bits per heavy atom. The summed E-state index contributed by atoms with van der Waals surface area (Å²) in [4.78, 5) is 32.7. The first-order chi connectivity index (χ1) is 9.63. The summed E-state index contributed by atoms with van der Waals surface area (Å²) >= 11 is 0. The Labute approximate surface area is 114 Å². The number of H-pyrrole nitrogens is 1. The van der Waals surface area contributed by atoms with Crippen molar-refractivity contribution in [2.24, 2.45) is 0 Å². The van der Waals surface area contributed by atoms with E-state index in [1.54, 1.807) is 18.3 Å². The number of imidazole rings is 1. The molecule has 0 aliphatic heterocycles. The van der Waals surface area contributed by atoms with Gasteiger partial charge in [-0.25, -0.2) is 9.78 Å². The van der Waals surface area contributed by atoms with Crippen LogP contribution in [0.25, 0.3) is 0 Å². The molecule has 0 radical (unpaired) electrons. The third kappa shape index (κ3) is 4.09. The highest BCUT2D eigenvalue weighted by molar-refractivity contribution is 5.88. The summed E-state index contributed by atoms with van der Waals surface area (Å²) in [5, 5.41) is 13.8. The Balaban J connectivity index is 1.83. The number of aromatic nitrogens is 3. The zero-order chi connectivity index (χ0) is 14.4. The van der Waals surface area contributed by atoms with Crippen LogP contribution in [-0.4, -0.2) is 32.1 Å². The van der Waals surface area contributed by atoms with Crippen LogP contribution in [0, 0.1) is 0 Å². The summed E-state index contributed by atoms with van der Waals surface area (Å²) in [5.74, 6) is -0.949. The first-order valence-corrected chi connectivity index (χ1v) is 5.82. The first-order valence-electron chi connectivity index (χ1n) is 5.82. The topological polar surface area (TPSA) is 120 Å². The fourth-order valence-electron chi connectivity index (χ4n) is 1.49. The lowest BCUT2D eigenvalue weighted by Crippen LogP contribution is -2.28. The van der Waals surface area contributed by atoms with E-state index < -0.39 is 5.97 Å². The molecule has 2 aromatic rings. The zero-order valence-electron chi connectivity index (χ0n) is 10.5.